The number of phenols is 1. The third-order valence-electron chi connectivity index (χ3n) is 3.45. The Morgan fingerprint density at radius 3 is 2.26 bits per heavy atom. The van der Waals surface area contributed by atoms with Crippen LogP contribution < -0.4 is 5.32 Å². The second kappa shape index (κ2) is 8.29. The Balaban J connectivity index is 2.37. The molecule has 5 heteroatoms. The van der Waals surface area contributed by atoms with Crippen LogP contribution in [0.4, 0.5) is 5.69 Å². The molecule has 0 aliphatic heterocycles. The van der Waals surface area contributed by atoms with Crippen LogP contribution in [0.5, 0.6) is 5.75 Å². The maximum atomic E-state index is 9.98. The van der Waals surface area contributed by atoms with Gasteiger partial charge in [-0.05, 0) is 38.2 Å². The lowest BCUT2D eigenvalue weighted by Crippen LogP contribution is -2.29. The average molecular weight is 327 g/mol. The van der Waals surface area contributed by atoms with Crippen molar-refractivity contribution in [1.29, 1.82) is 0 Å². The van der Waals surface area contributed by atoms with Crippen molar-refractivity contribution in [2.24, 2.45) is 4.99 Å². The predicted molar refractivity (Wildman–Crippen MR) is 100 cm³/mol. The molecule has 0 atom stereocenters. The van der Waals surface area contributed by atoms with Gasteiger partial charge in [0.25, 0.3) is 0 Å². The molecule has 23 heavy (non-hydrogen) atoms. The summed E-state index contributed by atoms with van der Waals surface area (Å²) in [5.74, 6) is 0.786. The molecule has 0 fully saturated rings. The van der Waals surface area contributed by atoms with Gasteiger partial charge in [-0.1, -0.05) is 42.5 Å². The molecule has 2 aromatic carbocycles. The average Bonchev–Trinajstić information content (AvgIpc) is 2.58. The van der Waals surface area contributed by atoms with Crippen LogP contribution >= 0.6 is 12.2 Å². The molecule has 4 nitrogen and oxygen atoms in total. The van der Waals surface area contributed by atoms with Gasteiger partial charge in [0.2, 0.25) is 0 Å². The molecule has 0 amide bonds. The van der Waals surface area contributed by atoms with E-state index in [4.69, 9.17) is 12.2 Å². The molecule has 120 valence electrons. The summed E-state index contributed by atoms with van der Waals surface area (Å²) in [5.41, 5.74) is 1.50. The summed E-state index contributed by atoms with van der Waals surface area (Å²) in [6.07, 6.45) is 0. The van der Waals surface area contributed by atoms with Crippen molar-refractivity contribution in [3.8, 4) is 5.75 Å². The fourth-order valence-corrected chi connectivity index (χ4v) is 2.48. The highest BCUT2D eigenvalue weighted by molar-refractivity contribution is 7.80. The Kier molecular flexibility index (Phi) is 6.11. The van der Waals surface area contributed by atoms with Crippen molar-refractivity contribution in [2.75, 3.05) is 18.4 Å². The van der Waals surface area contributed by atoms with E-state index >= 15 is 0 Å². The summed E-state index contributed by atoms with van der Waals surface area (Å²) in [7, 11) is 0. The second-order valence-corrected chi connectivity index (χ2v) is 5.29. The third-order valence-corrected chi connectivity index (χ3v) is 3.80. The van der Waals surface area contributed by atoms with E-state index in [0.29, 0.717) is 16.6 Å². The maximum absolute atomic E-state index is 9.98. The number of benzene rings is 2. The maximum Gasteiger partial charge on any atom is 0.197 e. The number of thiocarbonyl (C=S) groups is 1. The van der Waals surface area contributed by atoms with Crippen LogP contribution in [0.25, 0.3) is 0 Å². The molecule has 0 saturated carbocycles. The van der Waals surface area contributed by atoms with Gasteiger partial charge in [0.05, 0.1) is 5.69 Å². The first kappa shape index (κ1) is 17.0. The molecule has 0 bridgehead atoms. The van der Waals surface area contributed by atoms with Gasteiger partial charge >= 0.3 is 0 Å². The van der Waals surface area contributed by atoms with E-state index in [0.717, 1.165) is 18.7 Å². The number of anilines is 1. The monoisotopic (exact) mass is 327 g/mol. The van der Waals surface area contributed by atoms with Gasteiger partial charge in [-0.25, -0.2) is 4.99 Å². The Hall–Kier alpha value is -2.40. The lowest BCUT2D eigenvalue weighted by Gasteiger charge is -2.20. The van der Waals surface area contributed by atoms with Crippen molar-refractivity contribution in [3.63, 3.8) is 0 Å². The zero-order valence-electron chi connectivity index (χ0n) is 13.4. The molecule has 2 aromatic rings. The quantitative estimate of drug-likeness (QED) is 0.387. The fraction of sp³-hybridized carbons (Fsp3) is 0.222. The number of nitrogens with one attached hydrogen (secondary N) is 1. The van der Waals surface area contributed by atoms with Crippen molar-refractivity contribution in [3.05, 3.63) is 60.2 Å². The molecule has 0 saturated heterocycles. The van der Waals surface area contributed by atoms with Gasteiger partial charge in [-0.3, -0.25) is 0 Å². The van der Waals surface area contributed by atoms with Gasteiger partial charge in [-0.2, -0.15) is 0 Å². The molecule has 0 unspecified atom stereocenters. The number of hydrogen-bond donors (Lipinski definition) is 2. The fourth-order valence-electron chi connectivity index (χ4n) is 2.13. The number of nitrogens with zero attached hydrogens (tertiary/aromatic N) is 2. The molecular formula is C18H21N3OS. The van der Waals surface area contributed by atoms with Crippen LogP contribution in [0.1, 0.15) is 19.4 Å². The molecule has 2 rings (SSSR count). The summed E-state index contributed by atoms with van der Waals surface area (Å²) in [5, 5.41) is 13.7. The molecule has 2 N–H and O–H groups in total. The van der Waals surface area contributed by atoms with Gasteiger partial charge in [0.1, 0.15) is 11.6 Å². The number of rotatable bonds is 4. The highest BCUT2D eigenvalue weighted by Crippen LogP contribution is 2.22. The standard InChI is InChI=1S/C18H21N3OS/c1-3-21(4-2)18(23)20-17(14-10-6-5-7-11-14)19-15-12-8-9-13-16(15)22/h5-13,22H,3-4H2,1-2H3,(H,19,20,23). The van der Waals surface area contributed by atoms with E-state index in [1.807, 2.05) is 55.1 Å². The highest BCUT2D eigenvalue weighted by atomic mass is 32.1. The minimum Gasteiger partial charge on any atom is -0.506 e. The summed E-state index contributed by atoms with van der Waals surface area (Å²) < 4.78 is 0. The highest BCUT2D eigenvalue weighted by Gasteiger charge is 2.10. The van der Waals surface area contributed by atoms with Gasteiger partial charge in [0, 0.05) is 18.7 Å². The van der Waals surface area contributed by atoms with E-state index in [2.05, 4.69) is 10.3 Å². The van der Waals surface area contributed by atoms with Crippen molar-refractivity contribution in [1.82, 2.24) is 4.90 Å². The number of para-hydroxylation sites is 2. The molecule has 0 aliphatic rings. The van der Waals surface area contributed by atoms with E-state index in [1.165, 1.54) is 0 Å². The number of aromatic hydroxyl groups is 1. The van der Waals surface area contributed by atoms with Crippen molar-refractivity contribution >= 4 is 28.9 Å². The molecule has 0 radical (unpaired) electrons. The molecule has 0 spiro atoms. The second-order valence-electron chi connectivity index (χ2n) is 4.92. The first-order chi connectivity index (χ1) is 11.2. The van der Waals surface area contributed by atoms with Gasteiger partial charge < -0.3 is 15.3 Å². The van der Waals surface area contributed by atoms with E-state index < -0.39 is 0 Å². The summed E-state index contributed by atoms with van der Waals surface area (Å²) in [6, 6.07) is 16.8. The first-order valence-corrected chi connectivity index (χ1v) is 8.04. The lowest BCUT2D eigenvalue weighted by molar-refractivity contribution is 0.469. The van der Waals surface area contributed by atoms with Crippen LogP contribution in [0.15, 0.2) is 59.6 Å². The van der Waals surface area contributed by atoms with Gasteiger partial charge in [-0.15, -0.1) is 0 Å². The number of aliphatic imine (C=N–C) groups is 1. The summed E-state index contributed by atoms with van der Waals surface area (Å²) in [6.45, 7) is 5.70. The van der Waals surface area contributed by atoms with Crippen LogP contribution in [-0.2, 0) is 0 Å². The number of hydrogen-bond acceptors (Lipinski definition) is 2. The Labute approximate surface area is 142 Å². The predicted octanol–water partition coefficient (Wildman–Crippen LogP) is 3.88. The van der Waals surface area contributed by atoms with Crippen molar-refractivity contribution in [2.45, 2.75) is 13.8 Å². The number of amidine groups is 1. The van der Waals surface area contributed by atoms with E-state index in [9.17, 15) is 5.11 Å². The topological polar surface area (TPSA) is 47.9 Å². The Morgan fingerprint density at radius 1 is 1.04 bits per heavy atom. The SMILES string of the molecule is CCN(CC)C(=S)/N=C(\Nc1ccccc1O)c1ccccc1. The van der Waals surface area contributed by atoms with E-state index in [1.54, 1.807) is 18.2 Å². The zero-order valence-corrected chi connectivity index (χ0v) is 14.2. The molecule has 0 aliphatic carbocycles. The zero-order chi connectivity index (χ0) is 16.7. The largest absolute Gasteiger partial charge is 0.506 e. The lowest BCUT2D eigenvalue weighted by atomic mass is 10.2. The first-order valence-electron chi connectivity index (χ1n) is 7.63. The number of phenolic OH excluding ortho intramolecular Hbond substituents is 1. The molecule has 0 aromatic heterocycles. The molecular weight excluding hydrogens is 306 g/mol. The summed E-state index contributed by atoms with van der Waals surface area (Å²) >= 11 is 5.44. The van der Waals surface area contributed by atoms with Gasteiger partial charge in [0.15, 0.2) is 5.11 Å². The third kappa shape index (κ3) is 4.53. The van der Waals surface area contributed by atoms with Crippen molar-refractivity contribution < 1.29 is 5.11 Å². The summed E-state index contributed by atoms with van der Waals surface area (Å²) in [4.78, 5) is 6.58. The normalized spacial score (nSPS) is 11.1. The minimum atomic E-state index is 0.171. The van der Waals surface area contributed by atoms with Crippen LogP contribution in [0.2, 0.25) is 0 Å². The smallest absolute Gasteiger partial charge is 0.197 e. The van der Waals surface area contributed by atoms with Crippen LogP contribution in [0.3, 0.4) is 0 Å². The Morgan fingerprint density at radius 2 is 1.65 bits per heavy atom. The minimum absolute atomic E-state index is 0.171. The van der Waals surface area contributed by atoms with Crippen LogP contribution in [0, 0.1) is 0 Å². The van der Waals surface area contributed by atoms with E-state index in [-0.39, 0.29) is 5.75 Å². The Bertz CT molecular complexity index is 682. The molecule has 0 heterocycles. The van der Waals surface area contributed by atoms with Crippen LogP contribution in [-0.4, -0.2) is 34.0 Å².